The molecule has 0 aliphatic carbocycles. The second-order valence-electron chi connectivity index (χ2n) is 4.94. The van der Waals surface area contributed by atoms with Gasteiger partial charge in [0, 0.05) is 5.69 Å². The zero-order valence-corrected chi connectivity index (χ0v) is 13.3. The average Bonchev–Trinajstić information content (AvgIpc) is 2.48. The molecule has 0 aliphatic rings. The second-order valence-corrected chi connectivity index (χ2v) is 5.35. The Morgan fingerprint density at radius 1 is 1.05 bits per heavy atom. The second kappa shape index (κ2) is 7.56. The van der Waals surface area contributed by atoms with E-state index in [-0.39, 0.29) is 17.1 Å². The van der Waals surface area contributed by atoms with E-state index in [4.69, 9.17) is 17.0 Å². The number of para-hydroxylation sites is 2. The highest BCUT2D eigenvalue weighted by Crippen LogP contribution is 2.19. The van der Waals surface area contributed by atoms with Gasteiger partial charge in [0.2, 0.25) is 0 Å². The molecule has 0 heterocycles. The van der Waals surface area contributed by atoms with Crippen molar-refractivity contribution in [3.63, 3.8) is 0 Å². The van der Waals surface area contributed by atoms with Crippen molar-refractivity contribution < 1.29 is 9.53 Å². The first-order valence-corrected chi connectivity index (χ1v) is 7.40. The lowest BCUT2D eigenvalue weighted by Crippen LogP contribution is -2.34. The van der Waals surface area contributed by atoms with Crippen molar-refractivity contribution in [1.29, 1.82) is 0 Å². The number of amides is 1. The summed E-state index contributed by atoms with van der Waals surface area (Å²) in [6.45, 7) is 3.83. The number of hydrogen-bond acceptors (Lipinski definition) is 3. The molecule has 4 nitrogen and oxygen atoms in total. The number of nitrogens with one attached hydrogen (secondary N) is 2. The third kappa shape index (κ3) is 4.56. The number of ether oxygens (including phenoxy) is 1. The molecule has 0 saturated heterocycles. The first-order chi connectivity index (χ1) is 10.6. The van der Waals surface area contributed by atoms with Crippen molar-refractivity contribution in [2.45, 2.75) is 20.0 Å². The summed E-state index contributed by atoms with van der Waals surface area (Å²) in [7, 11) is 0. The van der Waals surface area contributed by atoms with E-state index in [1.54, 1.807) is 18.2 Å². The van der Waals surface area contributed by atoms with Crippen molar-refractivity contribution in [1.82, 2.24) is 5.32 Å². The summed E-state index contributed by atoms with van der Waals surface area (Å²) in [4.78, 5) is 12.3. The highest BCUT2D eigenvalue weighted by Gasteiger charge is 2.14. The van der Waals surface area contributed by atoms with Gasteiger partial charge in [-0.05, 0) is 50.3 Å². The smallest absolute Gasteiger partial charge is 0.261 e. The first-order valence-electron chi connectivity index (χ1n) is 6.99. The van der Waals surface area contributed by atoms with E-state index in [1.165, 1.54) is 0 Å². The molecule has 0 bridgehead atoms. The van der Waals surface area contributed by atoms with E-state index in [0.717, 1.165) is 5.69 Å². The van der Waals surface area contributed by atoms with E-state index in [9.17, 15) is 4.79 Å². The number of hydrogen-bond donors (Lipinski definition) is 2. The fourth-order valence-corrected chi connectivity index (χ4v) is 2.08. The van der Waals surface area contributed by atoms with Crippen LogP contribution in [0, 0.1) is 0 Å². The van der Waals surface area contributed by atoms with Gasteiger partial charge in [0.25, 0.3) is 5.91 Å². The maximum absolute atomic E-state index is 12.3. The van der Waals surface area contributed by atoms with Crippen LogP contribution in [-0.2, 0) is 0 Å². The maximum Gasteiger partial charge on any atom is 0.261 e. The van der Waals surface area contributed by atoms with Crippen molar-refractivity contribution in [2.75, 3.05) is 5.32 Å². The predicted molar refractivity (Wildman–Crippen MR) is 92.3 cm³/mol. The first kappa shape index (κ1) is 16.0. The molecule has 0 unspecified atom stereocenters. The molecular formula is C17H18N2O2S. The van der Waals surface area contributed by atoms with Gasteiger partial charge in [0.05, 0.1) is 11.7 Å². The number of benzene rings is 2. The fraction of sp³-hybridized carbons (Fsp3) is 0.176. The van der Waals surface area contributed by atoms with E-state index < -0.39 is 0 Å². The van der Waals surface area contributed by atoms with Crippen molar-refractivity contribution >= 4 is 28.9 Å². The molecule has 114 valence electrons. The molecule has 0 fully saturated rings. The molecule has 0 aromatic heterocycles. The number of carbonyl (C=O) groups is 1. The van der Waals surface area contributed by atoms with Crippen LogP contribution in [0.4, 0.5) is 5.69 Å². The third-order valence-corrected chi connectivity index (χ3v) is 2.96. The van der Waals surface area contributed by atoms with E-state index in [2.05, 4.69) is 10.6 Å². The highest BCUT2D eigenvalue weighted by molar-refractivity contribution is 7.80. The Morgan fingerprint density at radius 2 is 1.68 bits per heavy atom. The van der Waals surface area contributed by atoms with Crippen LogP contribution in [0.5, 0.6) is 5.75 Å². The molecule has 22 heavy (non-hydrogen) atoms. The molecule has 5 heteroatoms. The lowest BCUT2D eigenvalue weighted by Gasteiger charge is -2.14. The Labute approximate surface area is 135 Å². The maximum atomic E-state index is 12.3. The van der Waals surface area contributed by atoms with Crippen LogP contribution in [0.1, 0.15) is 24.2 Å². The SMILES string of the molecule is CC(C)Oc1ccccc1C(=O)NC(=S)Nc1ccccc1. The third-order valence-electron chi connectivity index (χ3n) is 2.75. The monoisotopic (exact) mass is 314 g/mol. The molecule has 0 saturated carbocycles. The molecule has 2 aromatic carbocycles. The molecule has 2 rings (SSSR count). The molecule has 0 aliphatic heterocycles. The molecule has 0 radical (unpaired) electrons. The van der Waals surface area contributed by atoms with Gasteiger partial charge in [-0.25, -0.2) is 0 Å². The van der Waals surface area contributed by atoms with Gasteiger partial charge in [-0.15, -0.1) is 0 Å². The van der Waals surface area contributed by atoms with Crippen LogP contribution in [0.3, 0.4) is 0 Å². The van der Waals surface area contributed by atoms with Gasteiger partial charge in [-0.1, -0.05) is 30.3 Å². The van der Waals surface area contributed by atoms with Crippen LogP contribution >= 0.6 is 12.2 Å². The summed E-state index contributed by atoms with van der Waals surface area (Å²) in [6.07, 6.45) is -0.0108. The van der Waals surface area contributed by atoms with Gasteiger partial charge >= 0.3 is 0 Å². The molecule has 1 amide bonds. The minimum absolute atomic E-state index is 0.0108. The lowest BCUT2D eigenvalue weighted by molar-refractivity contribution is 0.0972. The number of thiocarbonyl (C=S) groups is 1. The van der Waals surface area contributed by atoms with E-state index in [0.29, 0.717) is 11.3 Å². The fourth-order valence-electron chi connectivity index (χ4n) is 1.87. The summed E-state index contributed by atoms with van der Waals surface area (Å²) < 4.78 is 5.64. The Balaban J connectivity index is 2.04. The van der Waals surface area contributed by atoms with Gasteiger partial charge in [-0.2, -0.15) is 0 Å². The van der Waals surface area contributed by atoms with Crippen LogP contribution in [0.25, 0.3) is 0 Å². The molecule has 0 spiro atoms. The summed E-state index contributed by atoms with van der Waals surface area (Å²) in [5, 5.41) is 5.87. The predicted octanol–water partition coefficient (Wildman–Crippen LogP) is 3.60. The Hall–Kier alpha value is -2.40. The van der Waals surface area contributed by atoms with Crippen LogP contribution in [0.15, 0.2) is 54.6 Å². The number of carbonyl (C=O) groups excluding carboxylic acids is 1. The van der Waals surface area contributed by atoms with Crippen LogP contribution in [-0.4, -0.2) is 17.1 Å². The summed E-state index contributed by atoms with van der Waals surface area (Å²) in [6, 6.07) is 16.5. The summed E-state index contributed by atoms with van der Waals surface area (Å²) >= 11 is 5.16. The Morgan fingerprint density at radius 3 is 2.36 bits per heavy atom. The normalized spacial score (nSPS) is 10.1. The minimum Gasteiger partial charge on any atom is -0.490 e. The molecule has 2 aromatic rings. The van der Waals surface area contributed by atoms with E-state index >= 15 is 0 Å². The zero-order valence-electron chi connectivity index (χ0n) is 12.5. The van der Waals surface area contributed by atoms with Gasteiger partial charge in [0.1, 0.15) is 5.75 Å². The number of rotatable bonds is 4. The van der Waals surface area contributed by atoms with E-state index in [1.807, 2.05) is 50.2 Å². The zero-order chi connectivity index (χ0) is 15.9. The molecule has 0 atom stereocenters. The van der Waals surface area contributed by atoms with Crippen LogP contribution in [0.2, 0.25) is 0 Å². The summed E-state index contributed by atoms with van der Waals surface area (Å²) in [5.74, 6) is 0.238. The standard InChI is InChI=1S/C17H18N2O2S/c1-12(2)21-15-11-7-6-10-14(15)16(20)19-17(22)18-13-8-4-3-5-9-13/h3-12H,1-2H3,(H2,18,19,20,22). The van der Waals surface area contributed by atoms with Crippen molar-refractivity contribution in [3.8, 4) is 5.75 Å². The number of anilines is 1. The van der Waals surface area contributed by atoms with Crippen molar-refractivity contribution in [2.24, 2.45) is 0 Å². The van der Waals surface area contributed by atoms with Crippen LogP contribution < -0.4 is 15.4 Å². The summed E-state index contributed by atoms with van der Waals surface area (Å²) in [5.41, 5.74) is 1.27. The van der Waals surface area contributed by atoms with Gasteiger partial charge < -0.3 is 10.1 Å². The molecule has 2 N–H and O–H groups in total. The lowest BCUT2D eigenvalue weighted by atomic mass is 10.2. The van der Waals surface area contributed by atoms with Gasteiger partial charge in [-0.3, -0.25) is 10.1 Å². The highest BCUT2D eigenvalue weighted by atomic mass is 32.1. The molecular weight excluding hydrogens is 296 g/mol. The topological polar surface area (TPSA) is 50.4 Å². The Kier molecular flexibility index (Phi) is 5.49. The van der Waals surface area contributed by atoms with Gasteiger partial charge in [0.15, 0.2) is 5.11 Å². The Bertz CT molecular complexity index is 657. The minimum atomic E-state index is -0.301. The van der Waals surface area contributed by atoms with Crippen molar-refractivity contribution in [3.05, 3.63) is 60.2 Å². The quantitative estimate of drug-likeness (QED) is 0.847. The largest absolute Gasteiger partial charge is 0.490 e. The average molecular weight is 314 g/mol.